The van der Waals surface area contributed by atoms with E-state index in [2.05, 4.69) is 0 Å². The molecule has 2 unspecified atom stereocenters. The highest BCUT2D eigenvalue weighted by atomic mass is 16.7. The number of carbonyl (C=O) groups excluding carboxylic acids is 1. The van der Waals surface area contributed by atoms with E-state index in [0.717, 1.165) is 5.56 Å². The number of rotatable bonds is 8. The lowest BCUT2D eigenvalue weighted by molar-refractivity contribution is -0.158. The molecule has 0 saturated heterocycles. The van der Waals surface area contributed by atoms with Gasteiger partial charge in [-0.1, -0.05) is 60.7 Å². The van der Waals surface area contributed by atoms with Crippen LogP contribution in [0.1, 0.15) is 23.0 Å². The minimum atomic E-state index is -1.01. The maximum Gasteiger partial charge on any atom is 0.315 e. The zero-order valence-electron chi connectivity index (χ0n) is 22.5. The summed E-state index contributed by atoms with van der Waals surface area (Å²) in [7, 11) is 3.06. The van der Waals surface area contributed by atoms with Crippen LogP contribution in [-0.4, -0.2) is 38.1 Å². The van der Waals surface area contributed by atoms with Crippen molar-refractivity contribution in [2.45, 2.75) is 11.8 Å². The normalized spacial score (nSPS) is 20.5. The number of hydrogen-bond donors (Lipinski definition) is 1. The molecule has 6 rings (SSSR count). The molecule has 4 aromatic carbocycles. The number of para-hydroxylation sites is 3. The molecule has 2 aliphatic rings. The van der Waals surface area contributed by atoms with E-state index >= 15 is 0 Å². The lowest BCUT2D eigenvalue weighted by atomic mass is 9.52. The summed E-state index contributed by atoms with van der Waals surface area (Å²) in [5.74, 6) is -2.03. The Morgan fingerprint density at radius 2 is 1.27 bits per heavy atom. The van der Waals surface area contributed by atoms with Crippen molar-refractivity contribution in [3.63, 3.8) is 0 Å². The second-order valence-electron chi connectivity index (χ2n) is 9.91. The number of benzene rings is 4. The largest absolute Gasteiger partial charge is 0.496 e. The molecule has 208 valence electrons. The number of aliphatic carboxylic acids is 1. The number of carboxylic acid groups (broad SMARTS) is 1. The van der Waals surface area contributed by atoms with Crippen molar-refractivity contribution in [2.75, 3.05) is 21.0 Å². The molecule has 0 amide bonds. The van der Waals surface area contributed by atoms with Gasteiger partial charge in [0.1, 0.15) is 17.2 Å². The summed E-state index contributed by atoms with van der Waals surface area (Å²) in [4.78, 5) is 26.9. The van der Waals surface area contributed by atoms with Gasteiger partial charge in [0, 0.05) is 17.4 Å². The van der Waals surface area contributed by atoms with Gasteiger partial charge in [-0.2, -0.15) is 0 Å². The van der Waals surface area contributed by atoms with Crippen LogP contribution >= 0.6 is 0 Å². The zero-order chi connectivity index (χ0) is 28.5. The Balaban J connectivity index is 1.42. The van der Waals surface area contributed by atoms with Crippen molar-refractivity contribution in [3.8, 4) is 39.9 Å². The summed E-state index contributed by atoms with van der Waals surface area (Å²) in [5.41, 5.74) is 2.76. The van der Waals surface area contributed by atoms with Crippen LogP contribution in [-0.2, 0) is 9.59 Å². The number of hydrogen-bond acceptors (Lipinski definition) is 7. The van der Waals surface area contributed by atoms with Crippen molar-refractivity contribution >= 4 is 11.9 Å². The Bertz CT molecular complexity index is 1560. The molecular formula is C33H28O8. The highest BCUT2D eigenvalue weighted by Crippen LogP contribution is 2.60. The van der Waals surface area contributed by atoms with E-state index in [9.17, 15) is 14.7 Å². The van der Waals surface area contributed by atoms with Gasteiger partial charge in [-0.25, -0.2) is 0 Å². The molecule has 1 heterocycles. The molecular weight excluding hydrogens is 524 g/mol. The van der Waals surface area contributed by atoms with Gasteiger partial charge in [-0.3, -0.25) is 9.59 Å². The van der Waals surface area contributed by atoms with E-state index in [1.165, 1.54) is 14.2 Å². The van der Waals surface area contributed by atoms with Crippen molar-refractivity contribution < 1.29 is 38.4 Å². The highest BCUT2D eigenvalue weighted by Gasteiger charge is 2.60. The monoisotopic (exact) mass is 552 g/mol. The standard InChI is InChI=1S/C33H28O8/c1-37-23-12-6-4-10-21(23)28-30(32(34)35)29(22-11-5-7-13-24(22)38-2)31(28)33(36)41-25-14-8-3-9-20(25)19-15-16-26-27(17-19)40-18-39-26/h3-17,28-31H,18H2,1-2H3,(H,34,35). The quantitative estimate of drug-likeness (QED) is 0.213. The first-order valence-electron chi connectivity index (χ1n) is 13.2. The minimum absolute atomic E-state index is 0.149. The predicted octanol–water partition coefficient (Wildman–Crippen LogP) is 5.90. The van der Waals surface area contributed by atoms with E-state index in [1.54, 1.807) is 36.4 Å². The Morgan fingerprint density at radius 1 is 0.707 bits per heavy atom. The first-order chi connectivity index (χ1) is 20.0. The average molecular weight is 553 g/mol. The van der Waals surface area contributed by atoms with Gasteiger partial charge in [0.2, 0.25) is 6.79 Å². The number of esters is 1. The molecule has 0 bridgehead atoms. The van der Waals surface area contributed by atoms with E-state index < -0.39 is 35.6 Å². The molecule has 1 fully saturated rings. The third kappa shape index (κ3) is 4.61. The highest BCUT2D eigenvalue weighted by molar-refractivity contribution is 5.87. The summed E-state index contributed by atoms with van der Waals surface area (Å²) in [5, 5.41) is 10.4. The maximum absolute atomic E-state index is 14.2. The third-order valence-corrected chi connectivity index (χ3v) is 7.88. The topological polar surface area (TPSA) is 101 Å². The molecule has 8 nitrogen and oxygen atoms in total. The third-order valence-electron chi connectivity index (χ3n) is 7.88. The number of fused-ring (bicyclic) bond motifs is 1. The van der Waals surface area contributed by atoms with Crippen LogP contribution in [0.25, 0.3) is 11.1 Å². The summed E-state index contributed by atoms with van der Waals surface area (Å²) in [6.45, 7) is 0.149. The molecule has 0 radical (unpaired) electrons. The minimum Gasteiger partial charge on any atom is -0.496 e. The fraction of sp³-hybridized carbons (Fsp3) is 0.212. The van der Waals surface area contributed by atoms with E-state index in [4.69, 9.17) is 23.7 Å². The van der Waals surface area contributed by atoms with Gasteiger partial charge >= 0.3 is 11.9 Å². The SMILES string of the molecule is COc1ccccc1C1C(C(=O)O)C(c2ccccc2OC)C1C(=O)Oc1ccccc1-c1ccc2c(c1)OCO2. The number of methoxy groups -OCH3 is 2. The van der Waals surface area contributed by atoms with Crippen LogP contribution in [0.2, 0.25) is 0 Å². The summed E-state index contributed by atoms with van der Waals surface area (Å²) in [6, 6.07) is 27.1. The van der Waals surface area contributed by atoms with Crippen LogP contribution in [0.3, 0.4) is 0 Å². The number of ether oxygens (including phenoxy) is 5. The molecule has 1 aliphatic heterocycles. The van der Waals surface area contributed by atoms with Gasteiger partial charge in [0.05, 0.1) is 26.1 Å². The Kier molecular flexibility index (Phi) is 6.97. The first kappa shape index (κ1) is 26.3. The predicted molar refractivity (Wildman–Crippen MR) is 150 cm³/mol. The fourth-order valence-electron chi connectivity index (χ4n) is 6.04. The lowest BCUT2D eigenvalue weighted by Gasteiger charge is -2.49. The molecule has 41 heavy (non-hydrogen) atoms. The molecule has 0 aromatic heterocycles. The molecule has 1 saturated carbocycles. The molecule has 0 spiro atoms. The first-order valence-corrected chi connectivity index (χ1v) is 13.2. The summed E-state index contributed by atoms with van der Waals surface area (Å²) >= 11 is 0. The van der Waals surface area contributed by atoms with E-state index in [0.29, 0.717) is 45.4 Å². The van der Waals surface area contributed by atoms with Crippen molar-refractivity contribution in [3.05, 3.63) is 102 Å². The van der Waals surface area contributed by atoms with Crippen LogP contribution in [0.4, 0.5) is 0 Å². The second-order valence-corrected chi connectivity index (χ2v) is 9.91. The van der Waals surface area contributed by atoms with Gasteiger partial charge in [0.25, 0.3) is 0 Å². The van der Waals surface area contributed by atoms with Crippen LogP contribution in [0, 0.1) is 11.8 Å². The number of carboxylic acids is 1. The van der Waals surface area contributed by atoms with Crippen molar-refractivity contribution in [1.29, 1.82) is 0 Å². The summed E-state index contributed by atoms with van der Waals surface area (Å²) < 4.78 is 28.3. The maximum atomic E-state index is 14.2. The fourth-order valence-corrected chi connectivity index (χ4v) is 6.04. The van der Waals surface area contributed by atoms with E-state index in [-0.39, 0.29) is 6.79 Å². The Labute approximate surface area is 237 Å². The van der Waals surface area contributed by atoms with Crippen LogP contribution in [0.15, 0.2) is 91.0 Å². The molecule has 4 aromatic rings. The molecule has 8 heteroatoms. The zero-order valence-corrected chi connectivity index (χ0v) is 22.5. The van der Waals surface area contributed by atoms with Gasteiger partial charge in [-0.05, 0) is 47.0 Å². The Morgan fingerprint density at radius 3 is 1.88 bits per heavy atom. The smallest absolute Gasteiger partial charge is 0.315 e. The van der Waals surface area contributed by atoms with Crippen molar-refractivity contribution in [2.24, 2.45) is 11.8 Å². The lowest BCUT2D eigenvalue weighted by Crippen LogP contribution is -2.52. The van der Waals surface area contributed by atoms with Gasteiger partial charge in [0.15, 0.2) is 11.5 Å². The van der Waals surface area contributed by atoms with Crippen LogP contribution in [0.5, 0.6) is 28.7 Å². The Hall–Kier alpha value is -4.98. The number of carbonyl (C=O) groups is 2. The molecule has 1 aliphatic carbocycles. The van der Waals surface area contributed by atoms with Gasteiger partial charge < -0.3 is 28.8 Å². The average Bonchev–Trinajstić information content (AvgIpc) is 3.45. The second kappa shape index (κ2) is 10.9. The van der Waals surface area contributed by atoms with Gasteiger partial charge in [-0.15, -0.1) is 0 Å². The molecule has 1 N–H and O–H groups in total. The summed E-state index contributed by atoms with van der Waals surface area (Å²) in [6.07, 6.45) is 0. The van der Waals surface area contributed by atoms with E-state index in [1.807, 2.05) is 54.6 Å². The van der Waals surface area contributed by atoms with Crippen LogP contribution < -0.4 is 23.7 Å². The van der Waals surface area contributed by atoms with Crippen molar-refractivity contribution in [1.82, 2.24) is 0 Å². The molecule has 2 atom stereocenters.